The average molecular weight is 291 g/mol. The van der Waals surface area contributed by atoms with Gasteiger partial charge >= 0.3 is 6.03 Å². The van der Waals surface area contributed by atoms with Gasteiger partial charge in [-0.15, -0.1) is 0 Å². The van der Waals surface area contributed by atoms with Gasteiger partial charge in [-0.2, -0.15) is 0 Å². The molecular formula is C16H22FN3O. The largest absolute Gasteiger partial charge is 0.324 e. The van der Waals surface area contributed by atoms with Gasteiger partial charge in [0.2, 0.25) is 0 Å². The summed E-state index contributed by atoms with van der Waals surface area (Å²) >= 11 is 0. The fourth-order valence-electron chi connectivity index (χ4n) is 3.37. The molecule has 0 radical (unpaired) electrons. The topological polar surface area (TPSA) is 44.4 Å². The van der Waals surface area contributed by atoms with E-state index in [-0.39, 0.29) is 11.8 Å². The minimum Gasteiger partial charge on any atom is -0.324 e. The zero-order chi connectivity index (χ0) is 14.7. The van der Waals surface area contributed by atoms with Crippen LogP contribution in [0.4, 0.5) is 14.9 Å². The minimum absolute atomic E-state index is 0.0793. The molecule has 0 aromatic heterocycles. The van der Waals surface area contributed by atoms with Gasteiger partial charge in [-0.05, 0) is 62.4 Å². The molecular weight excluding hydrogens is 269 g/mol. The summed E-state index contributed by atoms with van der Waals surface area (Å²) in [6.07, 6.45) is 4.71. The van der Waals surface area contributed by atoms with Crippen molar-refractivity contribution >= 4 is 11.7 Å². The fraction of sp³-hybridized carbons (Fsp3) is 0.562. The van der Waals surface area contributed by atoms with Gasteiger partial charge in [-0.25, -0.2) is 9.18 Å². The minimum atomic E-state index is -0.293. The highest BCUT2D eigenvalue weighted by Gasteiger charge is 2.30. The lowest BCUT2D eigenvalue weighted by Crippen LogP contribution is -2.47. The third-order valence-electron chi connectivity index (χ3n) is 4.51. The average Bonchev–Trinajstić information content (AvgIpc) is 3.04. The Labute approximate surface area is 124 Å². The van der Waals surface area contributed by atoms with Crippen molar-refractivity contribution in [3.05, 3.63) is 30.1 Å². The number of amides is 2. The maximum absolute atomic E-state index is 12.9. The lowest BCUT2D eigenvalue weighted by atomic mass is 9.90. The Balaban J connectivity index is 1.57. The van der Waals surface area contributed by atoms with Gasteiger partial charge in [-0.3, -0.25) is 0 Å². The Kier molecular flexibility index (Phi) is 4.39. The summed E-state index contributed by atoms with van der Waals surface area (Å²) in [5, 5.41) is 6.39. The number of nitrogens with zero attached hydrogens (tertiary/aromatic N) is 1. The standard InChI is InChI=1S/C16H22FN3O/c17-13-5-7-14(8-6-13)19-16(21)20-10-2-3-12(11-20)15-4-1-9-18-15/h5-8,12,15,18H,1-4,9-11H2,(H,19,21). The fourth-order valence-corrected chi connectivity index (χ4v) is 3.37. The lowest BCUT2D eigenvalue weighted by Gasteiger charge is -2.35. The van der Waals surface area contributed by atoms with E-state index < -0.39 is 0 Å². The number of carbonyl (C=O) groups is 1. The van der Waals surface area contributed by atoms with Crippen LogP contribution in [0.25, 0.3) is 0 Å². The Morgan fingerprint density at radius 1 is 1.24 bits per heavy atom. The molecule has 3 rings (SSSR count). The van der Waals surface area contributed by atoms with Crippen LogP contribution in [0, 0.1) is 11.7 Å². The highest BCUT2D eigenvalue weighted by molar-refractivity contribution is 5.89. The number of carbonyl (C=O) groups excluding carboxylic acids is 1. The zero-order valence-corrected chi connectivity index (χ0v) is 12.1. The second-order valence-electron chi connectivity index (χ2n) is 5.99. The van der Waals surface area contributed by atoms with Crippen LogP contribution >= 0.6 is 0 Å². The Hall–Kier alpha value is -1.62. The summed E-state index contributed by atoms with van der Waals surface area (Å²) in [5.74, 6) is 0.263. The van der Waals surface area contributed by atoms with E-state index in [0.29, 0.717) is 17.6 Å². The van der Waals surface area contributed by atoms with Crippen molar-refractivity contribution in [1.29, 1.82) is 0 Å². The quantitative estimate of drug-likeness (QED) is 0.880. The second kappa shape index (κ2) is 6.43. The first kappa shape index (κ1) is 14.3. The number of halogens is 1. The summed E-state index contributed by atoms with van der Waals surface area (Å²) in [6.45, 7) is 2.71. The maximum atomic E-state index is 12.9. The Bertz CT molecular complexity index is 485. The number of hydrogen-bond acceptors (Lipinski definition) is 2. The first-order valence-electron chi connectivity index (χ1n) is 7.77. The molecule has 0 saturated carbocycles. The van der Waals surface area contributed by atoms with Crippen molar-refractivity contribution in [2.24, 2.45) is 5.92 Å². The number of likely N-dealkylation sites (tertiary alicyclic amines) is 1. The summed E-state index contributed by atoms with van der Waals surface area (Å²) in [6, 6.07) is 6.38. The predicted octanol–water partition coefficient (Wildman–Crippen LogP) is 2.82. The smallest absolute Gasteiger partial charge is 0.321 e. The molecule has 2 aliphatic rings. The highest BCUT2D eigenvalue weighted by atomic mass is 19.1. The molecule has 2 aliphatic heterocycles. The first-order valence-corrected chi connectivity index (χ1v) is 7.77. The van der Waals surface area contributed by atoms with Crippen molar-refractivity contribution in [3.63, 3.8) is 0 Å². The monoisotopic (exact) mass is 291 g/mol. The van der Waals surface area contributed by atoms with Crippen molar-refractivity contribution in [3.8, 4) is 0 Å². The van der Waals surface area contributed by atoms with E-state index in [2.05, 4.69) is 10.6 Å². The van der Waals surface area contributed by atoms with Crippen LogP contribution in [0.1, 0.15) is 25.7 Å². The Morgan fingerprint density at radius 3 is 2.76 bits per heavy atom. The number of rotatable bonds is 2. The number of hydrogen-bond donors (Lipinski definition) is 2. The summed E-state index contributed by atoms with van der Waals surface area (Å²) in [7, 11) is 0. The van der Waals surface area contributed by atoms with Crippen molar-refractivity contribution in [1.82, 2.24) is 10.2 Å². The normalized spacial score (nSPS) is 25.9. The maximum Gasteiger partial charge on any atom is 0.321 e. The van der Waals surface area contributed by atoms with E-state index in [1.807, 2.05) is 4.90 Å². The molecule has 5 heteroatoms. The van der Waals surface area contributed by atoms with Crippen molar-refractivity contribution < 1.29 is 9.18 Å². The van der Waals surface area contributed by atoms with Crippen LogP contribution in [0.2, 0.25) is 0 Å². The first-order chi connectivity index (χ1) is 10.2. The van der Waals surface area contributed by atoms with Gasteiger partial charge in [0.1, 0.15) is 5.82 Å². The molecule has 2 amide bonds. The molecule has 1 aromatic carbocycles. The van der Waals surface area contributed by atoms with E-state index >= 15 is 0 Å². The van der Waals surface area contributed by atoms with E-state index in [4.69, 9.17) is 0 Å². The molecule has 2 saturated heterocycles. The predicted molar refractivity (Wildman–Crippen MR) is 80.7 cm³/mol. The molecule has 2 atom stereocenters. The van der Waals surface area contributed by atoms with Crippen LogP contribution in [0.5, 0.6) is 0 Å². The van der Waals surface area contributed by atoms with Crippen LogP contribution in [0.15, 0.2) is 24.3 Å². The number of nitrogens with one attached hydrogen (secondary N) is 2. The lowest BCUT2D eigenvalue weighted by molar-refractivity contribution is 0.163. The van der Waals surface area contributed by atoms with E-state index in [1.165, 1.54) is 31.4 Å². The summed E-state index contributed by atoms with van der Waals surface area (Å²) < 4.78 is 12.9. The van der Waals surface area contributed by atoms with Gasteiger partial charge in [0.15, 0.2) is 0 Å². The number of anilines is 1. The van der Waals surface area contributed by atoms with E-state index in [1.54, 1.807) is 12.1 Å². The molecule has 0 aliphatic carbocycles. The number of urea groups is 1. The van der Waals surface area contributed by atoms with Gasteiger partial charge < -0.3 is 15.5 Å². The summed E-state index contributed by atoms with van der Waals surface area (Å²) in [5.41, 5.74) is 0.641. The summed E-state index contributed by atoms with van der Waals surface area (Å²) in [4.78, 5) is 14.2. The van der Waals surface area contributed by atoms with Crippen molar-refractivity contribution in [2.45, 2.75) is 31.7 Å². The Morgan fingerprint density at radius 2 is 2.05 bits per heavy atom. The molecule has 114 valence electrons. The second-order valence-corrected chi connectivity index (χ2v) is 5.99. The van der Waals surface area contributed by atoms with E-state index in [0.717, 1.165) is 26.1 Å². The molecule has 0 spiro atoms. The highest BCUT2D eigenvalue weighted by Crippen LogP contribution is 2.25. The molecule has 2 fully saturated rings. The van der Waals surface area contributed by atoms with E-state index in [9.17, 15) is 9.18 Å². The van der Waals surface area contributed by atoms with Crippen molar-refractivity contribution in [2.75, 3.05) is 25.0 Å². The molecule has 2 unspecified atom stereocenters. The van der Waals surface area contributed by atoms with Gasteiger partial charge in [0.05, 0.1) is 0 Å². The number of piperidine rings is 1. The third-order valence-corrected chi connectivity index (χ3v) is 4.51. The molecule has 2 N–H and O–H groups in total. The van der Waals surface area contributed by atoms with Crippen LogP contribution in [-0.4, -0.2) is 36.6 Å². The zero-order valence-electron chi connectivity index (χ0n) is 12.1. The van der Waals surface area contributed by atoms with Gasteiger partial charge in [-0.1, -0.05) is 0 Å². The molecule has 2 heterocycles. The van der Waals surface area contributed by atoms with Gasteiger partial charge in [0.25, 0.3) is 0 Å². The number of benzene rings is 1. The third kappa shape index (κ3) is 3.53. The van der Waals surface area contributed by atoms with Crippen LogP contribution in [-0.2, 0) is 0 Å². The van der Waals surface area contributed by atoms with Gasteiger partial charge in [0, 0.05) is 24.8 Å². The molecule has 21 heavy (non-hydrogen) atoms. The molecule has 4 nitrogen and oxygen atoms in total. The van der Waals surface area contributed by atoms with Crippen LogP contribution < -0.4 is 10.6 Å². The van der Waals surface area contributed by atoms with Crippen LogP contribution in [0.3, 0.4) is 0 Å². The SMILES string of the molecule is O=C(Nc1ccc(F)cc1)N1CCCC(C2CCCN2)C1. The molecule has 0 bridgehead atoms. The molecule has 1 aromatic rings.